The summed E-state index contributed by atoms with van der Waals surface area (Å²) in [5.74, 6) is -4.81. The average Bonchev–Trinajstić information content (AvgIpc) is 3.49. The lowest BCUT2D eigenvalue weighted by atomic mass is 9.92. The molecule has 2 heterocycles. The van der Waals surface area contributed by atoms with Gasteiger partial charge in [-0.1, -0.05) is 6.07 Å². The van der Waals surface area contributed by atoms with Crippen molar-refractivity contribution in [1.82, 2.24) is 20.5 Å². The number of amides is 3. The highest BCUT2D eigenvalue weighted by Gasteiger charge is 2.50. The molecule has 35 heavy (non-hydrogen) atoms. The lowest BCUT2D eigenvalue weighted by molar-refractivity contribution is -0.157. The SMILES string of the molecule is COc1cc(F)c([C@@H]2CN(CC(F)(F)F)C(=O)[C@H]2NC(=O)NC2(c3cccc(C)n3)CC2)c(F)c1. The van der Waals surface area contributed by atoms with Crippen LogP contribution in [0.2, 0.25) is 0 Å². The van der Waals surface area contributed by atoms with Crippen LogP contribution in [0.15, 0.2) is 30.3 Å². The fraction of sp³-hybridized carbons (Fsp3) is 0.435. The fourth-order valence-corrected chi connectivity index (χ4v) is 4.39. The Kier molecular flexibility index (Phi) is 6.32. The molecule has 1 aliphatic carbocycles. The van der Waals surface area contributed by atoms with Crippen molar-refractivity contribution >= 4 is 11.9 Å². The molecule has 0 radical (unpaired) electrons. The first-order chi connectivity index (χ1) is 16.4. The molecule has 1 aliphatic heterocycles. The van der Waals surface area contributed by atoms with Crippen LogP contribution in [-0.4, -0.2) is 54.2 Å². The standard InChI is InChI=1S/C23H23F5N4O3/c1-12-4-3-5-17(29-12)22(6-7-22)31-21(34)30-19-14(10-32(20(19)33)11-23(26,27)28)18-15(24)8-13(35-2)9-16(18)25/h3-5,8-9,14,19H,6-7,10-11H2,1-2H3,(H2,30,31,34)/t14-,19-/m0/s1. The quantitative estimate of drug-likeness (QED) is 0.598. The number of ether oxygens (including phenoxy) is 1. The predicted octanol–water partition coefficient (Wildman–Crippen LogP) is 3.52. The van der Waals surface area contributed by atoms with Gasteiger partial charge in [0.15, 0.2) is 0 Å². The zero-order valence-electron chi connectivity index (χ0n) is 18.9. The number of halogens is 5. The lowest BCUT2D eigenvalue weighted by Gasteiger charge is -2.23. The molecule has 0 unspecified atom stereocenters. The summed E-state index contributed by atoms with van der Waals surface area (Å²) >= 11 is 0. The average molecular weight is 498 g/mol. The third kappa shape index (κ3) is 5.15. The summed E-state index contributed by atoms with van der Waals surface area (Å²) in [5, 5.41) is 5.08. The Hall–Kier alpha value is -3.44. The number of alkyl halides is 3. The van der Waals surface area contributed by atoms with Crippen LogP contribution < -0.4 is 15.4 Å². The number of methoxy groups -OCH3 is 1. The molecular formula is C23H23F5N4O3. The van der Waals surface area contributed by atoms with Gasteiger partial charge in [-0.25, -0.2) is 13.6 Å². The summed E-state index contributed by atoms with van der Waals surface area (Å²) < 4.78 is 73.5. The molecule has 2 N–H and O–H groups in total. The second-order valence-corrected chi connectivity index (χ2v) is 8.77. The van der Waals surface area contributed by atoms with Crippen LogP contribution in [0, 0.1) is 18.6 Å². The van der Waals surface area contributed by atoms with E-state index in [9.17, 15) is 31.5 Å². The molecule has 2 fully saturated rings. The fourth-order valence-electron chi connectivity index (χ4n) is 4.39. The van der Waals surface area contributed by atoms with E-state index in [1.165, 1.54) is 7.11 Å². The molecule has 7 nitrogen and oxygen atoms in total. The molecule has 0 bridgehead atoms. The van der Waals surface area contributed by atoms with Crippen molar-refractivity contribution in [3.8, 4) is 5.75 Å². The van der Waals surface area contributed by atoms with E-state index in [0.29, 0.717) is 23.4 Å². The number of urea groups is 1. The van der Waals surface area contributed by atoms with Crippen molar-refractivity contribution in [2.45, 2.75) is 43.4 Å². The van der Waals surface area contributed by atoms with Gasteiger partial charge in [0.1, 0.15) is 30.0 Å². The predicted molar refractivity (Wildman–Crippen MR) is 114 cm³/mol. The van der Waals surface area contributed by atoms with Crippen LogP contribution in [0.4, 0.5) is 26.7 Å². The molecule has 3 amide bonds. The highest BCUT2D eigenvalue weighted by atomic mass is 19.4. The molecule has 1 saturated carbocycles. The minimum absolute atomic E-state index is 0.135. The summed E-state index contributed by atoms with van der Waals surface area (Å²) in [6.07, 6.45) is -3.59. The normalized spacial score (nSPS) is 21.1. The monoisotopic (exact) mass is 498 g/mol. The van der Waals surface area contributed by atoms with Crippen molar-refractivity contribution in [2.24, 2.45) is 0 Å². The van der Waals surface area contributed by atoms with Gasteiger partial charge >= 0.3 is 12.2 Å². The Morgan fingerprint density at radius 2 is 1.89 bits per heavy atom. The summed E-state index contributed by atoms with van der Waals surface area (Å²) in [7, 11) is 1.20. The molecule has 12 heteroatoms. The summed E-state index contributed by atoms with van der Waals surface area (Å²) in [5.41, 5.74) is -0.0473. The van der Waals surface area contributed by atoms with Crippen LogP contribution in [0.3, 0.4) is 0 Å². The van der Waals surface area contributed by atoms with Crippen molar-refractivity contribution < 1.29 is 36.3 Å². The summed E-state index contributed by atoms with van der Waals surface area (Å²) in [6.45, 7) is -0.457. The van der Waals surface area contributed by atoms with Gasteiger partial charge in [0, 0.05) is 35.9 Å². The Balaban J connectivity index is 1.60. The number of nitrogens with zero attached hydrogens (tertiary/aromatic N) is 2. The minimum atomic E-state index is -4.73. The first-order valence-electron chi connectivity index (χ1n) is 10.8. The second-order valence-electron chi connectivity index (χ2n) is 8.77. The zero-order chi connectivity index (χ0) is 25.5. The number of likely N-dealkylation sites (tertiary alicyclic amines) is 1. The number of rotatable bonds is 6. The highest BCUT2D eigenvalue weighted by molar-refractivity contribution is 5.90. The zero-order valence-corrected chi connectivity index (χ0v) is 18.9. The molecular weight excluding hydrogens is 475 g/mol. The molecule has 1 saturated heterocycles. The lowest BCUT2D eigenvalue weighted by Crippen LogP contribution is -2.51. The largest absolute Gasteiger partial charge is 0.497 e. The Bertz CT molecular complexity index is 1130. The van der Waals surface area contributed by atoms with E-state index >= 15 is 0 Å². The number of carbonyl (C=O) groups is 2. The molecule has 0 spiro atoms. The van der Waals surface area contributed by atoms with Crippen LogP contribution in [0.25, 0.3) is 0 Å². The van der Waals surface area contributed by atoms with Crippen LogP contribution in [0.1, 0.15) is 35.7 Å². The number of hydrogen-bond donors (Lipinski definition) is 2. The van der Waals surface area contributed by atoms with Gasteiger partial charge in [-0.15, -0.1) is 0 Å². The smallest absolute Gasteiger partial charge is 0.406 e. The third-order valence-electron chi connectivity index (χ3n) is 6.19. The number of aromatic nitrogens is 1. The van der Waals surface area contributed by atoms with Crippen molar-refractivity contribution in [3.63, 3.8) is 0 Å². The van der Waals surface area contributed by atoms with Crippen LogP contribution in [0.5, 0.6) is 5.75 Å². The van der Waals surface area contributed by atoms with Crippen molar-refractivity contribution in [1.29, 1.82) is 0 Å². The van der Waals surface area contributed by atoms with Gasteiger partial charge < -0.3 is 20.3 Å². The maximum Gasteiger partial charge on any atom is 0.406 e. The van der Waals surface area contributed by atoms with Crippen molar-refractivity contribution in [2.75, 3.05) is 20.2 Å². The van der Waals surface area contributed by atoms with Gasteiger partial charge in [0.05, 0.1) is 18.3 Å². The highest BCUT2D eigenvalue weighted by Crippen LogP contribution is 2.44. The van der Waals surface area contributed by atoms with Gasteiger partial charge in [-0.05, 0) is 31.9 Å². The molecule has 2 atom stereocenters. The van der Waals surface area contributed by atoms with E-state index < -0.39 is 65.9 Å². The third-order valence-corrected chi connectivity index (χ3v) is 6.19. The summed E-state index contributed by atoms with van der Waals surface area (Å²) in [4.78, 5) is 30.5. The topological polar surface area (TPSA) is 83.6 Å². The molecule has 1 aromatic carbocycles. The van der Waals surface area contributed by atoms with E-state index in [-0.39, 0.29) is 5.75 Å². The Morgan fingerprint density at radius 1 is 1.23 bits per heavy atom. The van der Waals surface area contributed by atoms with Crippen LogP contribution in [-0.2, 0) is 10.3 Å². The first-order valence-corrected chi connectivity index (χ1v) is 10.8. The van der Waals surface area contributed by atoms with E-state index in [1.807, 2.05) is 0 Å². The van der Waals surface area contributed by atoms with E-state index in [4.69, 9.17) is 4.74 Å². The van der Waals surface area contributed by atoms with Crippen LogP contribution >= 0.6 is 0 Å². The molecule has 4 rings (SSSR count). The number of nitrogens with one attached hydrogen (secondary N) is 2. The van der Waals surface area contributed by atoms with E-state index in [2.05, 4.69) is 15.6 Å². The molecule has 2 aliphatic rings. The van der Waals surface area contributed by atoms with Gasteiger partial charge in [-0.3, -0.25) is 9.78 Å². The van der Waals surface area contributed by atoms with Gasteiger partial charge in [0.25, 0.3) is 0 Å². The molecule has 1 aromatic heterocycles. The van der Waals surface area contributed by atoms with Gasteiger partial charge in [-0.2, -0.15) is 13.2 Å². The number of benzene rings is 1. The van der Waals surface area contributed by atoms with E-state index in [1.54, 1.807) is 25.1 Å². The maximum absolute atomic E-state index is 14.8. The van der Waals surface area contributed by atoms with Gasteiger partial charge in [0.2, 0.25) is 5.91 Å². The number of carbonyl (C=O) groups excluding carboxylic acids is 2. The first kappa shape index (κ1) is 24.7. The minimum Gasteiger partial charge on any atom is -0.497 e. The molecule has 2 aromatic rings. The van der Waals surface area contributed by atoms with Crippen molar-refractivity contribution in [3.05, 3.63) is 58.9 Å². The number of pyridine rings is 1. The number of hydrogen-bond acceptors (Lipinski definition) is 4. The molecule has 188 valence electrons. The number of aryl methyl sites for hydroxylation is 1. The second kappa shape index (κ2) is 8.97. The Morgan fingerprint density at radius 3 is 2.43 bits per heavy atom. The Labute approximate surface area is 197 Å². The van der Waals surface area contributed by atoms with E-state index in [0.717, 1.165) is 17.8 Å². The summed E-state index contributed by atoms with van der Waals surface area (Å²) in [6, 6.07) is 4.57. The maximum atomic E-state index is 14.8.